The van der Waals surface area contributed by atoms with Crippen LogP contribution in [0.3, 0.4) is 0 Å². The zero-order chi connectivity index (χ0) is 13.4. The first-order valence-electron chi connectivity index (χ1n) is 6.78. The smallest absolute Gasteiger partial charge is 0.194 e. The number of halogens is 3. The molecule has 19 heavy (non-hydrogen) atoms. The minimum Gasteiger partial charge on any atom is -0.370 e. The highest BCUT2D eigenvalue weighted by Crippen LogP contribution is 2.34. The lowest BCUT2D eigenvalue weighted by Crippen LogP contribution is -2.39. The van der Waals surface area contributed by atoms with Crippen molar-refractivity contribution >= 4 is 5.69 Å². The second-order valence-electron chi connectivity index (χ2n) is 5.42. The van der Waals surface area contributed by atoms with Crippen molar-refractivity contribution in [2.75, 3.05) is 24.5 Å². The molecule has 1 heterocycles. The van der Waals surface area contributed by atoms with Crippen LogP contribution in [0.2, 0.25) is 0 Å². The van der Waals surface area contributed by atoms with Gasteiger partial charge in [0.15, 0.2) is 17.5 Å². The lowest BCUT2D eigenvalue weighted by molar-refractivity contribution is 0.446. The summed E-state index contributed by atoms with van der Waals surface area (Å²) in [6.07, 6.45) is 3.36. The molecule has 104 valence electrons. The Labute approximate surface area is 110 Å². The molecule has 5 heteroatoms. The van der Waals surface area contributed by atoms with Crippen LogP contribution >= 0.6 is 0 Å². The lowest BCUT2D eigenvalue weighted by Gasteiger charge is -2.26. The van der Waals surface area contributed by atoms with Gasteiger partial charge < -0.3 is 10.2 Å². The molecule has 0 aromatic heterocycles. The van der Waals surface area contributed by atoms with Gasteiger partial charge in [0.2, 0.25) is 0 Å². The maximum Gasteiger partial charge on any atom is 0.194 e. The van der Waals surface area contributed by atoms with Gasteiger partial charge in [-0.15, -0.1) is 0 Å². The monoisotopic (exact) mass is 270 g/mol. The van der Waals surface area contributed by atoms with Crippen LogP contribution in [0.4, 0.5) is 18.9 Å². The summed E-state index contributed by atoms with van der Waals surface area (Å²) in [6.45, 7) is 2.39. The van der Waals surface area contributed by atoms with Crippen LogP contribution in [0.15, 0.2) is 12.1 Å². The van der Waals surface area contributed by atoms with Gasteiger partial charge in [-0.3, -0.25) is 0 Å². The molecule has 1 aliphatic carbocycles. The number of rotatable bonds is 2. The molecule has 0 radical (unpaired) electrons. The van der Waals surface area contributed by atoms with E-state index in [1.165, 1.54) is 12.8 Å². The molecule has 1 N–H and O–H groups in total. The molecule has 2 fully saturated rings. The minimum atomic E-state index is -1.39. The van der Waals surface area contributed by atoms with Crippen molar-refractivity contribution in [2.24, 2.45) is 5.92 Å². The summed E-state index contributed by atoms with van der Waals surface area (Å²) < 4.78 is 39.6. The maximum atomic E-state index is 13.3. The SMILES string of the molecule is Fc1cc(N2CCCNC(C3CC3)C2)cc(F)c1F. The number of benzene rings is 1. The summed E-state index contributed by atoms with van der Waals surface area (Å²) in [5.41, 5.74) is 0.436. The molecule has 1 aliphatic heterocycles. The summed E-state index contributed by atoms with van der Waals surface area (Å²) in [4.78, 5) is 1.95. The van der Waals surface area contributed by atoms with Gasteiger partial charge in [-0.25, -0.2) is 13.2 Å². The van der Waals surface area contributed by atoms with Gasteiger partial charge in [-0.2, -0.15) is 0 Å². The molecule has 0 amide bonds. The van der Waals surface area contributed by atoms with Crippen molar-refractivity contribution in [1.82, 2.24) is 5.32 Å². The third-order valence-electron chi connectivity index (χ3n) is 3.95. The van der Waals surface area contributed by atoms with E-state index in [1.807, 2.05) is 4.90 Å². The van der Waals surface area contributed by atoms with Gasteiger partial charge in [-0.05, 0) is 31.7 Å². The Kier molecular flexibility index (Phi) is 3.39. The van der Waals surface area contributed by atoms with Crippen LogP contribution in [-0.4, -0.2) is 25.7 Å². The van der Waals surface area contributed by atoms with E-state index < -0.39 is 17.5 Å². The van der Waals surface area contributed by atoms with Crippen LogP contribution < -0.4 is 10.2 Å². The van der Waals surface area contributed by atoms with Gasteiger partial charge in [0.25, 0.3) is 0 Å². The van der Waals surface area contributed by atoms with Gasteiger partial charge in [0.1, 0.15) is 0 Å². The highest BCUT2D eigenvalue weighted by Gasteiger charge is 2.33. The van der Waals surface area contributed by atoms with Gasteiger partial charge in [0.05, 0.1) is 0 Å². The molecule has 1 unspecified atom stereocenters. The summed E-state index contributed by atoms with van der Waals surface area (Å²) in [5.74, 6) is -2.95. The first-order valence-corrected chi connectivity index (χ1v) is 6.78. The second-order valence-corrected chi connectivity index (χ2v) is 5.42. The molecule has 3 rings (SSSR count). The van der Waals surface area contributed by atoms with Crippen LogP contribution in [-0.2, 0) is 0 Å². The van der Waals surface area contributed by atoms with Crippen molar-refractivity contribution in [3.8, 4) is 0 Å². The van der Waals surface area contributed by atoms with E-state index >= 15 is 0 Å². The average molecular weight is 270 g/mol. The Hall–Kier alpha value is -1.23. The molecule has 2 nitrogen and oxygen atoms in total. The van der Waals surface area contributed by atoms with E-state index in [0.29, 0.717) is 17.6 Å². The highest BCUT2D eigenvalue weighted by atomic mass is 19.2. The molecule has 0 bridgehead atoms. The fraction of sp³-hybridized carbons (Fsp3) is 0.571. The third-order valence-corrected chi connectivity index (χ3v) is 3.95. The van der Waals surface area contributed by atoms with Crippen molar-refractivity contribution < 1.29 is 13.2 Å². The topological polar surface area (TPSA) is 15.3 Å². The summed E-state index contributed by atoms with van der Waals surface area (Å²) in [5, 5.41) is 3.48. The van der Waals surface area contributed by atoms with Crippen LogP contribution in [0.1, 0.15) is 19.3 Å². The Bertz CT molecular complexity index is 451. The Morgan fingerprint density at radius 3 is 2.42 bits per heavy atom. The van der Waals surface area contributed by atoms with Crippen LogP contribution in [0.25, 0.3) is 0 Å². The van der Waals surface area contributed by atoms with E-state index in [9.17, 15) is 13.2 Å². The standard InChI is InChI=1S/C14H17F3N2/c15-11-6-10(7-12(16)14(11)17)19-5-1-4-18-13(8-19)9-2-3-9/h6-7,9,13,18H,1-5,8H2. The highest BCUT2D eigenvalue weighted by molar-refractivity contribution is 5.47. The van der Waals surface area contributed by atoms with E-state index in [2.05, 4.69) is 5.32 Å². The molecule has 1 saturated carbocycles. The molecule has 2 aliphatic rings. The fourth-order valence-corrected chi connectivity index (χ4v) is 2.72. The van der Waals surface area contributed by atoms with Crippen molar-refractivity contribution in [3.63, 3.8) is 0 Å². The first-order chi connectivity index (χ1) is 9.15. The number of hydrogen-bond acceptors (Lipinski definition) is 2. The molecular weight excluding hydrogens is 253 g/mol. The van der Waals surface area contributed by atoms with Crippen LogP contribution in [0, 0.1) is 23.4 Å². The number of anilines is 1. The Morgan fingerprint density at radius 1 is 1.11 bits per heavy atom. The quantitative estimate of drug-likeness (QED) is 0.831. The summed E-state index contributed by atoms with van der Waals surface area (Å²) in [7, 11) is 0. The fourth-order valence-electron chi connectivity index (χ4n) is 2.72. The van der Waals surface area contributed by atoms with E-state index in [4.69, 9.17) is 0 Å². The molecule has 1 aromatic carbocycles. The van der Waals surface area contributed by atoms with E-state index in [1.54, 1.807) is 0 Å². The maximum absolute atomic E-state index is 13.3. The van der Waals surface area contributed by atoms with E-state index in [-0.39, 0.29) is 0 Å². The first kappa shape index (κ1) is 12.8. The molecule has 1 aromatic rings. The second kappa shape index (κ2) is 5.04. The van der Waals surface area contributed by atoms with Crippen molar-refractivity contribution in [1.29, 1.82) is 0 Å². The number of nitrogens with one attached hydrogen (secondary N) is 1. The minimum absolute atomic E-state index is 0.374. The van der Waals surface area contributed by atoms with Gasteiger partial charge >= 0.3 is 0 Å². The normalized spacial score (nSPS) is 24.4. The third kappa shape index (κ3) is 2.71. The van der Waals surface area contributed by atoms with Crippen molar-refractivity contribution in [2.45, 2.75) is 25.3 Å². The molecule has 0 spiro atoms. The number of hydrogen-bond donors (Lipinski definition) is 1. The van der Waals surface area contributed by atoms with Crippen LogP contribution in [0.5, 0.6) is 0 Å². The van der Waals surface area contributed by atoms with Gasteiger partial charge in [0, 0.05) is 37.0 Å². The largest absolute Gasteiger partial charge is 0.370 e. The predicted octanol–water partition coefficient (Wildman–Crippen LogP) is 2.68. The molecule has 1 atom stereocenters. The predicted molar refractivity (Wildman–Crippen MR) is 67.7 cm³/mol. The average Bonchev–Trinajstić information content (AvgIpc) is 3.20. The van der Waals surface area contributed by atoms with Gasteiger partial charge in [-0.1, -0.05) is 0 Å². The zero-order valence-electron chi connectivity index (χ0n) is 10.6. The molecular formula is C14H17F3N2. The van der Waals surface area contributed by atoms with E-state index in [0.717, 1.165) is 38.2 Å². The Morgan fingerprint density at radius 2 is 1.79 bits per heavy atom. The molecule has 1 saturated heterocycles. The van der Waals surface area contributed by atoms with Crippen molar-refractivity contribution in [3.05, 3.63) is 29.6 Å². The summed E-state index contributed by atoms with van der Waals surface area (Å²) >= 11 is 0. The Balaban J connectivity index is 1.83. The number of nitrogens with zero attached hydrogens (tertiary/aromatic N) is 1. The lowest BCUT2D eigenvalue weighted by atomic mass is 10.1. The zero-order valence-corrected chi connectivity index (χ0v) is 10.6. The summed E-state index contributed by atoms with van der Waals surface area (Å²) in [6, 6.07) is 2.56.